The highest BCUT2D eigenvalue weighted by Gasteiger charge is 2.28. The molecule has 1 fully saturated rings. The van der Waals surface area contributed by atoms with Gasteiger partial charge in [0.15, 0.2) is 0 Å². The fraction of sp³-hybridized carbons (Fsp3) is 0.429. The Labute approximate surface area is 133 Å². The molecule has 1 aromatic rings. The van der Waals surface area contributed by atoms with Gasteiger partial charge >= 0.3 is 0 Å². The van der Waals surface area contributed by atoms with Crippen LogP contribution in [-0.4, -0.2) is 42.4 Å². The summed E-state index contributed by atoms with van der Waals surface area (Å²) in [7, 11) is 0. The van der Waals surface area contributed by atoms with Gasteiger partial charge in [-0.3, -0.25) is 9.59 Å². The van der Waals surface area contributed by atoms with E-state index in [-0.39, 0.29) is 23.5 Å². The van der Waals surface area contributed by atoms with Crippen LogP contribution in [0.4, 0.5) is 0 Å². The molecule has 1 aromatic carbocycles. The second-order valence-corrected chi connectivity index (χ2v) is 5.77. The zero-order chi connectivity index (χ0) is 15.4. The Kier molecular flexibility index (Phi) is 5.45. The number of carbonyl (C=O) groups is 2. The van der Waals surface area contributed by atoms with Gasteiger partial charge in [-0.25, -0.2) is 0 Å². The van der Waals surface area contributed by atoms with Crippen molar-refractivity contribution in [1.82, 2.24) is 10.2 Å². The molecular formula is C14H17Cl2N3O2. The number of nitrogens with zero attached hydrogens (tertiary/aromatic N) is 1. The van der Waals surface area contributed by atoms with Gasteiger partial charge in [0.05, 0.1) is 22.2 Å². The fourth-order valence-electron chi connectivity index (χ4n) is 2.48. The maximum absolute atomic E-state index is 12.7. The lowest BCUT2D eigenvalue weighted by Crippen LogP contribution is -2.49. The molecule has 0 bridgehead atoms. The van der Waals surface area contributed by atoms with E-state index < -0.39 is 5.91 Å². The molecular weight excluding hydrogens is 313 g/mol. The van der Waals surface area contributed by atoms with Gasteiger partial charge in [-0.1, -0.05) is 29.3 Å². The number of nitrogens with one attached hydrogen (secondary N) is 1. The first-order valence-corrected chi connectivity index (χ1v) is 7.50. The molecule has 5 nitrogen and oxygen atoms in total. The van der Waals surface area contributed by atoms with Gasteiger partial charge in [0.1, 0.15) is 0 Å². The predicted molar refractivity (Wildman–Crippen MR) is 82.6 cm³/mol. The minimum Gasteiger partial charge on any atom is -0.368 e. The van der Waals surface area contributed by atoms with Crippen LogP contribution in [0.25, 0.3) is 0 Å². The van der Waals surface area contributed by atoms with E-state index in [1.54, 1.807) is 18.2 Å². The summed E-state index contributed by atoms with van der Waals surface area (Å²) in [5, 5.41) is 3.73. The average Bonchev–Trinajstić information content (AvgIpc) is 2.48. The van der Waals surface area contributed by atoms with Crippen molar-refractivity contribution in [3.63, 3.8) is 0 Å². The predicted octanol–water partition coefficient (Wildman–Crippen LogP) is 1.67. The highest BCUT2D eigenvalue weighted by atomic mass is 35.5. The van der Waals surface area contributed by atoms with Crippen LogP contribution < -0.4 is 11.1 Å². The monoisotopic (exact) mass is 329 g/mol. The number of hydrogen-bond acceptors (Lipinski definition) is 3. The Balaban J connectivity index is 2.28. The third kappa shape index (κ3) is 3.87. The van der Waals surface area contributed by atoms with Gasteiger partial charge in [0.25, 0.3) is 5.91 Å². The third-order valence-corrected chi connectivity index (χ3v) is 4.34. The average molecular weight is 330 g/mol. The SMILES string of the molecule is NC(=O)CN(C(=O)c1cccc(Cl)c1Cl)C1CCNCC1. The molecule has 2 rings (SSSR count). The van der Waals surface area contributed by atoms with Crippen LogP contribution in [0.5, 0.6) is 0 Å². The van der Waals surface area contributed by atoms with E-state index in [1.165, 1.54) is 4.90 Å². The van der Waals surface area contributed by atoms with E-state index in [4.69, 9.17) is 28.9 Å². The molecule has 114 valence electrons. The van der Waals surface area contributed by atoms with E-state index in [0.717, 1.165) is 25.9 Å². The maximum atomic E-state index is 12.7. The molecule has 0 aliphatic carbocycles. The van der Waals surface area contributed by atoms with Crippen LogP contribution in [0, 0.1) is 0 Å². The van der Waals surface area contributed by atoms with Crippen molar-refractivity contribution in [2.24, 2.45) is 5.73 Å². The van der Waals surface area contributed by atoms with Crippen molar-refractivity contribution >= 4 is 35.0 Å². The van der Waals surface area contributed by atoms with Crippen LogP contribution in [-0.2, 0) is 4.79 Å². The summed E-state index contributed by atoms with van der Waals surface area (Å²) in [5.74, 6) is -0.853. The van der Waals surface area contributed by atoms with Gasteiger partial charge in [-0.2, -0.15) is 0 Å². The normalized spacial score (nSPS) is 15.7. The van der Waals surface area contributed by atoms with Crippen LogP contribution in [0.1, 0.15) is 23.2 Å². The molecule has 7 heteroatoms. The molecule has 0 atom stereocenters. The Morgan fingerprint density at radius 3 is 2.57 bits per heavy atom. The molecule has 0 spiro atoms. The minimum atomic E-state index is -0.542. The molecule has 1 saturated heterocycles. The van der Waals surface area contributed by atoms with Gasteiger partial charge < -0.3 is 16.0 Å². The summed E-state index contributed by atoms with van der Waals surface area (Å²) in [4.78, 5) is 25.5. The first-order chi connectivity index (χ1) is 10.0. The number of amides is 2. The first-order valence-electron chi connectivity index (χ1n) is 6.74. The molecule has 1 aliphatic heterocycles. The number of halogens is 2. The summed E-state index contributed by atoms with van der Waals surface area (Å²) in [5.41, 5.74) is 5.57. The number of piperidine rings is 1. The van der Waals surface area contributed by atoms with Crippen LogP contribution in [0.3, 0.4) is 0 Å². The first kappa shape index (κ1) is 16.1. The van der Waals surface area contributed by atoms with Gasteiger partial charge in [0.2, 0.25) is 5.91 Å². The summed E-state index contributed by atoms with van der Waals surface area (Å²) in [6, 6.07) is 4.85. The largest absolute Gasteiger partial charge is 0.368 e. The molecule has 0 aromatic heterocycles. The van der Waals surface area contributed by atoms with E-state index in [9.17, 15) is 9.59 Å². The van der Waals surface area contributed by atoms with Crippen LogP contribution in [0.15, 0.2) is 18.2 Å². The highest BCUT2D eigenvalue weighted by molar-refractivity contribution is 6.43. The second-order valence-electron chi connectivity index (χ2n) is 4.98. The van der Waals surface area contributed by atoms with E-state index >= 15 is 0 Å². The Morgan fingerprint density at radius 1 is 1.29 bits per heavy atom. The standard InChI is InChI=1S/C14H17Cl2N3O2/c15-11-3-1-2-10(13(11)16)14(21)19(8-12(17)20)9-4-6-18-7-5-9/h1-3,9,18H,4-8H2,(H2,17,20). The summed E-state index contributed by atoms with van der Waals surface area (Å²) < 4.78 is 0. The summed E-state index contributed by atoms with van der Waals surface area (Å²) in [6.45, 7) is 1.49. The van der Waals surface area contributed by atoms with Crippen molar-refractivity contribution in [1.29, 1.82) is 0 Å². The summed E-state index contributed by atoms with van der Waals surface area (Å²) in [6.07, 6.45) is 1.55. The second kappa shape index (κ2) is 7.11. The van der Waals surface area contributed by atoms with E-state index in [0.29, 0.717) is 10.6 Å². The number of hydrogen-bond donors (Lipinski definition) is 2. The Bertz CT molecular complexity index is 545. The lowest BCUT2D eigenvalue weighted by Gasteiger charge is -2.34. The quantitative estimate of drug-likeness (QED) is 0.882. The van der Waals surface area contributed by atoms with Crippen molar-refractivity contribution < 1.29 is 9.59 Å². The molecule has 1 aliphatic rings. The zero-order valence-corrected chi connectivity index (χ0v) is 13.0. The van der Waals surface area contributed by atoms with Crippen molar-refractivity contribution in [3.05, 3.63) is 33.8 Å². The Hall–Kier alpha value is -1.30. The number of nitrogens with two attached hydrogens (primary N) is 1. The smallest absolute Gasteiger partial charge is 0.256 e. The van der Waals surface area contributed by atoms with Crippen molar-refractivity contribution in [2.75, 3.05) is 19.6 Å². The number of primary amides is 1. The van der Waals surface area contributed by atoms with Gasteiger partial charge in [0, 0.05) is 6.04 Å². The molecule has 21 heavy (non-hydrogen) atoms. The fourth-order valence-corrected chi connectivity index (χ4v) is 2.86. The maximum Gasteiger partial charge on any atom is 0.256 e. The van der Waals surface area contributed by atoms with Crippen molar-refractivity contribution in [2.45, 2.75) is 18.9 Å². The lowest BCUT2D eigenvalue weighted by molar-refractivity contribution is -0.119. The van der Waals surface area contributed by atoms with E-state index in [2.05, 4.69) is 5.32 Å². The van der Waals surface area contributed by atoms with Gasteiger partial charge in [-0.15, -0.1) is 0 Å². The minimum absolute atomic E-state index is 0.0266. The number of carbonyl (C=O) groups excluding carboxylic acids is 2. The zero-order valence-electron chi connectivity index (χ0n) is 11.4. The number of rotatable bonds is 4. The molecule has 3 N–H and O–H groups in total. The molecule has 0 unspecified atom stereocenters. The Morgan fingerprint density at radius 2 is 1.95 bits per heavy atom. The molecule has 2 amide bonds. The third-order valence-electron chi connectivity index (χ3n) is 3.52. The topological polar surface area (TPSA) is 75.4 Å². The van der Waals surface area contributed by atoms with E-state index in [1.807, 2.05) is 0 Å². The molecule has 0 saturated carbocycles. The van der Waals surface area contributed by atoms with Crippen LogP contribution in [0.2, 0.25) is 10.0 Å². The lowest BCUT2D eigenvalue weighted by atomic mass is 10.0. The van der Waals surface area contributed by atoms with Crippen molar-refractivity contribution in [3.8, 4) is 0 Å². The molecule has 1 heterocycles. The number of benzene rings is 1. The highest BCUT2D eigenvalue weighted by Crippen LogP contribution is 2.27. The van der Waals surface area contributed by atoms with Gasteiger partial charge in [-0.05, 0) is 38.1 Å². The molecule has 0 radical (unpaired) electrons. The summed E-state index contributed by atoms with van der Waals surface area (Å²) >= 11 is 12.0. The van der Waals surface area contributed by atoms with Crippen LogP contribution >= 0.6 is 23.2 Å².